The first kappa shape index (κ1) is 23.3. The molecule has 2 amide bonds. The number of carboxylic acids is 1. The lowest BCUT2D eigenvalue weighted by molar-refractivity contribution is -0.149. The Kier molecular flexibility index (Phi) is 6.81. The number of methoxy groups -OCH3 is 1. The second-order valence-corrected chi connectivity index (χ2v) is 8.51. The lowest BCUT2D eigenvalue weighted by Crippen LogP contribution is -2.52. The molecule has 0 heterocycles. The van der Waals surface area contributed by atoms with Gasteiger partial charge in [0.15, 0.2) is 0 Å². The number of amides is 2. The van der Waals surface area contributed by atoms with E-state index >= 15 is 0 Å². The van der Waals surface area contributed by atoms with Gasteiger partial charge in [0.2, 0.25) is 5.91 Å². The molecule has 2 aromatic carbocycles. The van der Waals surface area contributed by atoms with E-state index in [0.29, 0.717) is 12.8 Å². The summed E-state index contributed by atoms with van der Waals surface area (Å²) in [5, 5.41) is 14.3. The maximum Gasteiger partial charge on any atom is 0.407 e. The van der Waals surface area contributed by atoms with Crippen LogP contribution in [0, 0.1) is 5.92 Å². The van der Waals surface area contributed by atoms with Crippen LogP contribution in [0.4, 0.5) is 4.79 Å². The van der Waals surface area contributed by atoms with Crippen LogP contribution < -0.4 is 10.6 Å². The topological polar surface area (TPSA) is 131 Å². The molecule has 0 spiro atoms. The molecule has 9 heteroatoms. The minimum atomic E-state index is -1.35. The van der Waals surface area contributed by atoms with E-state index in [1.54, 1.807) is 0 Å². The number of alkyl carbamates (subject to hydrolysis) is 1. The number of esters is 1. The Morgan fingerprint density at radius 2 is 1.59 bits per heavy atom. The van der Waals surface area contributed by atoms with Gasteiger partial charge in [-0.3, -0.25) is 9.59 Å². The van der Waals surface area contributed by atoms with Crippen molar-refractivity contribution >= 4 is 23.9 Å². The normalized spacial score (nSPS) is 19.1. The van der Waals surface area contributed by atoms with Gasteiger partial charge in [0.25, 0.3) is 0 Å². The van der Waals surface area contributed by atoms with Crippen LogP contribution in [0.5, 0.6) is 0 Å². The molecule has 4 rings (SSSR count). The summed E-state index contributed by atoms with van der Waals surface area (Å²) in [6.07, 6.45) is -0.285. The van der Waals surface area contributed by atoms with Crippen LogP contribution >= 0.6 is 0 Å². The van der Waals surface area contributed by atoms with E-state index < -0.39 is 42.3 Å². The van der Waals surface area contributed by atoms with E-state index in [0.717, 1.165) is 29.4 Å². The maximum absolute atomic E-state index is 12.4. The highest BCUT2D eigenvalue weighted by Crippen LogP contribution is 2.44. The Bertz CT molecular complexity index is 1060. The fraction of sp³-hybridized carbons (Fsp3) is 0.360. The van der Waals surface area contributed by atoms with Crippen molar-refractivity contribution in [3.8, 4) is 11.1 Å². The third-order valence-corrected chi connectivity index (χ3v) is 6.39. The van der Waals surface area contributed by atoms with E-state index in [2.05, 4.69) is 27.5 Å². The quantitative estimate of drug-likeness (QED) is 0.509. The molecule has 1 atom stereocenters. The van der Waals surface area contributed by atoms with Crippen molar-refractivity contribution in [3.05, 3.63) is 59.7 Å². The monoisotopic (exact) mass is 466 g/mol. The Labute approximate surface area is 196 Å². The van der Waals surface area contributed by atoms with Gasteiger partial charge in [-0.15, -0.1) is 0 Å². The fourth-order valence-corrected chi connectivity index (χ4v) is 4.50. The molecule has 0 aromatic heterocycles. The third kappa shape index (κ3) is 4.88. The number of hydrogen-bond donors (Lipinski definition) is 3. The molecule has 2 aliphatic carbocycles. The van der Waals surface area contributed by atoms with Gasteiger partial charge in [-0.2, -0.15) is 0 Å². The average molecular weight is 466 g/mol. The zero-order valence-electron chi connectivity index (χ0n) is 18.7. The van der Waals surface area contributed by atoms with Crippen LogP contribution in [0.25, 0.3) is 11.1 Å². The second kappa shape index (κ2) is 9.94. The van der Waals surface area contributed by atoms with Gasteiger partial charge in [0.05, 0.1) is 13.5 Å². The molecule has 9 nitrogen and oxygen atoms in total. The van der Waals surface area contributed by atoms with E-state index in [1.807, 2.05) is 36.4 Å². The zero-order chi connectivity index (χ0) is 24.2. The molecule has 0 bridgehead atoms. The van der Waals surface area contributed by atoms with Crippen molar-refractivity contribution in [1.82, 2.24) is 10.6 Å². The molecule has 3 N–H and O–H groups in total. The van der Waals surface area contributed by atoms with E-state index in [4.69, 9.17) is 4.74 Å². The second-order valence-electron chi connectivity index (χ2n) is 8.51. The summed E-state index contributed by atoms with van der Waals surface area (Å²) in [5.74, 6) is -3.00. The van der Waals surface area contributed by atoms with Crippen LogP contribution in [-0.4, -0.2) is 54.8 Å². The lowest BCUT2D eigenvalue weighted by Gasteiger charge is -2.35. The minimum Gasteiger partial charge on any atom is -0.480 e. The number of benzene rings is 2. The van der Waals surface area contributed by atoms with Gasteiger partial charge in [-0.1, -0.05) is 48.5 Å². The molecule has 0 radical (unpaired) electrons. The number of fused-ring (bicyclic) bond motifs is 3. The van der Waals surface area contributed by atoms with Gasteiger partial charge >= 0.3 is 18.0 Å². The van der Waals surface area contributed by atoms with Crippen molar-refractivity contribution in [2.75, 3.05) is 13.7 Å². The Morgan fingerprint density at radius 1 is 1.00 bits per heavy atom. The number of aliphatic carboxylic acids is 1. The predicted octanol–water partition coefficient (Wildman–Crippen LogP) is 2.44. The summed E-state index contributed by atoms with van der Waals surface area (Å²) in [6, 6.07) is 14.5. The predicted molar refractivity (Wildman–Crippen MR) is 121 cm³/mol. The number of carbonyl (C=O) groups excluding carboxylic acids is 3. The molecule has 0 saturated heterocycles. The smallest absolute Gasteiger partial charge is 0.407 e. The molecular weight excluding hydrogens is 440 g/mol. The average Bonchev–Trinajstić information content (AvgIpc) is 3.12. The molecule has 178 valence electrons. The summed E-state index contributed by atoms with van der Waals surface area (Å²) < 4.78 is 9.97. The van der Waals surface area contributed by atoms with Crippen LogP contribution in [0.2, 0.25) is 0 Å². The van der Waals surface area contributed by atoms with Crippen molar-refractivity contribution in [2.45, 2.75) is 37.3 Å². The highest BCUT2D eigenvalue weighted by atomic mass is 16.5. The van der Waals surface area contributed by atoms with Crippen LogP contribution in [-0.2, 0) is 23.9 Å². The molecular formula is C25H26N2O7. The zero-order valence-corrected chi connectivity index (χ0v) is 18.7. The lowest BCUT2D eigenvalue weighted by atomic mass is 9.79. The van der Waals surface area contributed by atoms with Crippen molar-refractivity contribution in [1.29, 1.82) is 0 Å². The number of hydrogen-bond acceptors (Lipinski definition) is 6. The summed E-state index contributed by atoms with van der Waals surface area (Å²) in [6.45, 7) is 0.199. The highest BCUT2D eigenvalue weighted by Gasteiger charge is 2.38. The number of carboxylic acid groups (broad SMARTS) is 1. The number of ether oxygens (including phenoxy) is 2. The number of carbonyl (C=O) groups is 4. The highest BCUT2D eigenvalue weighted by molar-refractivity contribution is 5.88. The van der Waals surface area contributed by atoms with Crippen molar-refractivity contribution in [3.63, 3.8) is 0 Å². The standard InChI is InChI=1S/C25H26N2O7/c1-33-22(28)12-21(24(30)31)27-23(29)14-10-15(11-14)26-25(32)34-13-20-18-8-4-2-6-16(18)17-7-3-5-9-19(17)20/h2-9,14-15,20-21H,10-13H2,1H3,(H,26,32)(H,27,29)(H,30,31)/t14?,15?,21-/m1/s1. The first-order valence-corrected chi connectivity index (χ1v) is 11.1. The van der Waals surface area contributed by atoms with E-state index in [-0.39, 0.29) is 18.6 Å². The van der Waals surface area contributed by atoms with E-state index in [1.165, 1.54) is 0 Å². The Balaban J connectivity index is 1.25. The van der Waals surface area contributed by atoms with Gasteiger partial charge in [0.1, 0.15) is 12.6 Å². The SMILES string of the molecule is COC(=O)C[C@@H](NC(=O)C1CC(NC(=O)OCC2c3ccccc3-c3ccccc32)C1)C(=O)O. The van der Waals surface area contributed by atoms with Crippen LogP contribution in [0.15, 0.2) is 48.5 Å². The molecule has 1 saturated carbocycles. The molecule has 2 aromatic rings. The van der Waals surface area contributed by atoms with Crippen LogP contribution in [0.1, 0.15) is 36.3 Å². The first-order chi connectivity index (χ1) is 16.4. The van der Waals surface area contributed by atoms with E-state index in [9.17, 15) is 24.3 Å². The molecule has 0 aliphatic heterocycles. The van der Waals surface area contributed by atoms with Gasteiger partial charge in [-0.25, -0.2) is 9.59 Å². The summed E-state index contributed by atoms with van der Waals surface area (Å²) in [7, 11) is 1.15. The van der Waals surface area contributed by atoms with Gasteiger partial charge < -0.3 is 25.2 Å². The Morgan fingerprint density at radius 3 is 2.15 bits per heavy atom. The first-order valence-electron chi connectivity index (χ1n) is 11.1. The summed E-state index contributed by atoms with van der Waals surface area (Å²) in [4.78, 5) is 47.3. The van der Waals surface area contributed by atoms with Crippen LogP contribution in [0.3, 0.4) is 0 Å². The van der Waals surface area contributed by atoms with Crippen molar-refractivity contribution in [2.24, 2.45) is 5.92 Å². The molecule has 2 aliphatic rings. The third-order valence-electron chi connectivity index (χ3n) is 6.39. The summed E-state index contributed by atoms with van der Waals surface area (Å²) >= 11 is 0. The fourth-order valence-electron chi connectivity index (χ4n) is 4.50. The van der Waals surface area contributed by atoms with Gasteiger partial charge in [-0.05, 0) is 35.1 Å². The number of nitrogens with one attached hydrogen (secondary N) is 2. The number of rotatable bonds is 8. The Hall–Kier alpha value is -3.88. The minimum absolute atomic E-state index is 0.0409. The molecule has 1 fully saturated rings. The van der Waals surface area contributed by atoms with Gasteiger partial charge in [0, 0.05) is 17.9 Å². The molecule has 34 heavy (non-hydrogen) atoms. The van der Waals surface area contributed by atoms with Crippen molar-refractivity contribution < 1.29 is 33.8 Å². The summed E-state index contributed by atoms with van der Waals surface area (Å²) in [5.41, 5.74) is 4.53. The largest absolute Gasteiger partial charge is 0.480 e. The maximum atomic E-state index is 12.4. The molecule has 0 unspecified atom stereocenters.